The topological polar surface area (TPSA) is 58.0 Å². The van der Waals surface area contributed by atoms with Crippen molar-refractivity contribution in [2.75, 3.05) is 18.5 Å². The van der Waals surface area contributed by atoms with Gasteiger partial charge in [0.1, 0.15) is 5.82 Å². The van der Waals surface area contributed by atoms with Gasteiger partial charge in [-0.15, -0.1) is 0 Å². The van der Waals surface area contributed by atoms with Crippen LogP contribution in [0.15, 0.2) is 24.3 Å². The maximum absolute atomic E-state index is 8.98. The summed E-state index contributed by atoms with van der Waals surface area (Å²) >= 11 is 6.03. The van der Waals surface area contributed by atoms with Gasteiger partial charge in [-0.3, -0.25) is 0 Å². The molecule has 2 N–H and O–H groups in total. The highest BCUT2D eigenvalue weighted by atomic mass is 35.5. The lowest BCUT2D eigenvalue weighted by atomic mass is 10.2. The largest absolute Gasteiger partial charge is 0.395 e. The van der Waals surface area contributed by atoms with E-state index in [0.29, 0.717) is 17.4 Å². The van der Waals surface area contributed by atoms with E-state index < -0.39 is 0 Å². The molecular formula is C15H16ClN3O. The Bertz CT molecular complexity index is 631. The summed E-state index contributed by atoms with van der Waals surface area (Å²) in [4.78, 5) is 9.26. The zero-order valence-electron chi connectivity index (χ0n) is 11.1. The summed E-state index contributed by atoms with van der Waals surface area (Å²) in [5.41, 5.74) is 3.21. The van der Waals surface area contributed by atoms with Crippen LogP contribution in [-0.2, 0) is 12.8 Å². The van der Waals surface area contributed by atoms with E-state index in [9.17, 15) is 0 Å². The number of nitrogens with zero attached hydrogens (tertiary/aromatic N) is 2. The molecule has 1 aromatic heterocycles. The molecule has 0 saturated carbocycles. The van der Waals surface area contributed by atoms with Gasteiger partial charge in [-0.25, -0.2) is 9.97 Å². The number of aryl methyl sites for hydroxylation is 1. The minimum absolute atomic E-state index is 0.0886. The molecule has 0 radical (unpaired) electrons. The molecule has 104 valence electrons. The first-order chi connectivity index (χ1) is 9.78. The van der Waals surface area contributed by atoms with Crippen molar-refractivity contribution in [2.45, 2.75) is 19.3 Å². The fourth-order valence-electron chi connectivity index (χ4n) is 2.51. The highest BCUT2D eigenvalue weighted by molar-refractivity contribution is 6.30. The number of aromatic nitrogens is 2. The summed E-state index contributed by atoms with van der Waals surface area (Å²) in [5.74, 6) is 1.53. The second kappa shape index (κ2) is 5.77. The Morgan fingerprint density at radius 2 is 2.15 bits per heavy atom. The Morgan fingerprint density at radius 1 is 1.25 bits per heavy atom. The molecule has 0 atom stereocenters. The number of aliphatic hydroxyl groups is 1. The minimum Gasteiger partial charge on any atom is -0.395 e. The monoisotopic (exact) mass is 289 g/mol. The van der Waals surface area contributed by atoms with E-state index in [2.05, 4.69) is 15.3 Å². The third-order valence-electron chi connectivity index (χ3n) is 3.42. The van der Waals surface area contributed by atoms with Crippen molar-refractivity contribution in [3.63, 3.8) is 0 Å². The average molecular weight is 290 g/mol. The van der Waals surface area contributed by atoms with Gasteiger partial charge in [-0.1, -0.05) is 23.7 Å². The zero-order chi connectivity index (χ0) is 13.9. The molecule has 0 saturated heterocycles. The standard InChI is InChI=1S/C15H16ClN3O/c16-11-4-1-3-10(9-11)14-18-13-6-2-5-12(13)15(19-14)17-7-8-20/h1,3-4,9,20H,2,5-8H2,(H,17,18,19). The van der Waals surface area contributed by atoms with Gasteiger partial charge in [-0.2, -0.15) is 0 Å². The van der Waals surface area contributed by atoms with E-state index in [1.54, 1.807) is 0 Å². The van der Waals surface area contributed by atoms with Gasteiger partial charge in [0.05, 0.1) is 6.61 Å². The fraction of sp³-hybridized carbons (Fsp3) is 0.333. The first-order valence-corrected chi connectivity index (χ1v) is 7.16. The quantitative estimate of drug-likeness (QED) is 0.908. The van der Waals surface area contributed by atoms with Crippen LogP contribution in [0.2, 0.25) is 5.02 Å². The van der Waals surface area contributed by atoms with Crippen LogP contribution in [0.4, 0.5) is 5.82 Å². The van der Waals surface area contributed by atoms with Crippen molar-refractivity contribution in [3.8, 4) is 11.4 Å². The number of benzene rings is 1. The Kier molecular flexibility index (Phi) is 3.85. The lowest BCUT2D eigenvalue weighted by molar-refractivity contribution is 0.311. The van der Waals surface area contributed by atoms with Crippen LogP contribution in [0.3, 0.4) is 0 Å². The van der Waals surface area contributed by atoms with Gasteiger partial charge in [0.2, 0.25) is 0 Å². The third-order valence-corrected chi connectivity index (χ3v) is 3.66. The minimum atomic E-state index is 0.0886. The highest BCUT2D eigenvalue weighted by Crippen LogP contribution is 2.29. The normalized spacial score (nSPS) is 13.3. The van der Waals surface area contributed by atoms with Crippen LogP contribution in [0, 0.1) is 0 Å². The third kappa shape index (κ3) is 2.62. The van der Waals surface area contributed by atoms with Crippen LogP contribution < -0.4 is 5.32 Å². The molecule has 4 nitrogen and oxygen atoms in total. The molecule has 0 fully saturated rings. The Hall–Kier alpha value is -1.65. The lowest BCUT2D eigenvalue weighted by Crippen LogP contribution is -2.11. The summed E-state index contributed by atoms with van der Waals surface area (Å²) in [6.45, 7) is 0.587. The van der Waals surface area contributed by atoms with Crippen molar-refractivity contribution in [1.82, 2.24) is 9.97 Å². The van der Waals surface area contributed by atoms with Gasteiger partial charge in [0.15, 0.2) is 5.82 Å². The van der Waals surface area contributed by atoms with Gasteiger partial charge >= 0.3 is 0 Å². The molecule has 0 spiro atoms. The summed E-state index contributed by atoms with van der Waals surface area (Å²) in [6.07, 6.45) is 3.09. The Morgan fingerprint density at radius 3 is 2.95 bits per heavy atom. The predicted molar refractivity (Wildman–Crippen MR) is 80.1 cm³/mol. The SMILES string of the molecule is OCCNc1nc(-c2cccc(Cl)c2)nc2c1CCC2. The molecule has 2 aromatic rings. The van der Waals surface area contributed by atoms with Crippen molar-refractivity contribution in [1.29, 1.82) is 0 Å². The van der Waals surface area contributed by atoms with Crippen LogP contribution in [-0.4, -0.2) is 28.2 Å². The Balaban J connectivity index is 2.04. The number of aliphatic hydroxyl groups excluding tert-OH is 1. The van der Waals surface area contributed by atoms with Gasteiger partial charge < -0.3 is 10.4 Å². The van der Waals surface area contributed by atoms with E-state index in [1.165, 1.54) is 5.56 Å². The number of hydrogen-bond donors (Lipinski definition) is 2. The molecule has 0 unspecified atom stereocenters. The maximum Gasteiger partial charge on any atom is 0.161 e. The van der Waals surface area contributed by atoms with E-state index in [1.807, 2.05) is 24.3 Å². The molecule has 1 aliphatic carbocycles. The van der Waals surface area contributed by atoms with Crippen molar-refractivity contribution in [2.24, 2.45) is 0 Å². The second-order valence-electron chi connectivity index (χ2n) is 4.84. The van der Waals surface area contributed by atoms with Gasteiger partial charge in [-0.05, 0) is 31.4 Å². The molecule has 0 amide bonds. The number of fused-ring (bicyclic) bond motifs is 1. The lowest BCUT2D eigenvalue weighted by Gasteiger charge is -2.11. The fourth-order valence-corrected chi connectivity index (χ4v) is 2.70. The maximum atomic E-state index is 8.98. The number of anilines is 1. The van der Waals surface area contributed by atoms with Crippen LogP contribution >= 0.6 is 11.6 Å². The zero-order valence-corrected chi connectivity index (χ0v) is 11.8. The summed E-state index contributed by atoms with van der Waals surface area (Å²) < 4.78 is 0. The molecule has 20 heavy (non-hydrogen) atoms. The summed E-state index contributed by atoms with van der Waals surface area (Å²) in [6, 6.07) is 7.56. The predicted octanol–water partition coefficient (Wildman–Crippen LogP) is 2.69. The second-order valence-corrected chi connectivity index (χ2v) is 5.27. The molecular weight excluding hydrogens is 274 g/mol. The average Bonchev–Trinajstić information content (AvgIpc) is 2.93. The van der Waals surface area contributed by atoms with Crippen LogP contribution in [0.1, 0.15) is 17.7 Å². The summed E-state index contributed by atoms with van der Waals surface area (Å²) in [7, 11) is 0. The smallest absolute Gasteiger partial charge is 0.161 e. The first-order valence-electron chi connectivity index (χ1n) is 6.78. The molecule has 5 heteroatoms. The number of rotatable bonds is 4. The van der Waals surface area contributed by atoms with Crippen molar-refractivity contribution >= 4 is 17.4 Å². The molecule has 0 bridgehead atoms. The first kappa shape index (κ1) is 13.3. The van der Waals surface area contributed by atoms with E-state index >= 15 is 0 Å². The molecule has 1 aromatic carbocycles. The molecule has 1 aliphatic rings. The van der Waals surface area contributed by atoms with Crippen LogP contribution in [0.25, 0.3) is 11.4 Å². The highest BCUT2D eigenvalue weighted by Gasteiger charge is 2.19. The molecule has 0 aliphatic heterocycles. The van der Waals surface area contributed by atoms with Crippen LogP contribution in [0.5, 0.6) is 0 Å². The number of nitrogens with one attached hydrogen (secondary N) is 1. The van der Waals surface area contributed by atoms with E-state index in [4.69, 9.17) is 16.7 Å². The number of hydrogen-bond acceptors (Lipinski definition) is 4. The van der Waals surface area contributed by atoms with Gasteiger partial charge in [0.25, 0.3) is 0 Å². The van der Waals surface area contributed by atoms with E-state index in [0.717, 1.165) is 36.3 Å². The molecule has 3 rings (SSSR count). The van der Waals surface area contributed by atoms with E-state index in [-0.39, 0.29) is 6.61 Å². The Labute approximate surface area is 122 Å². The van der Waals surface area contributed by atoms with Crippen molar-refractivity contribution < 1.29 is 5.11 Å². The van der Waals surface area contributed by atoms with Crippen molar-refractivity contribution in [3.05, 3.63) is 40.5 Å². The molecule has 1 heterocycles. The van der Waals surface area contributed by atoms with Gasteiger partial charge in [0, 0.05) is 28.4 Å². The summed E-state index contributed by atoms with van der Waals surface area (Å²) in [5, 5.41) is 12.8. The number of halogens is 1.